The Labute approximate surface area is 179 Å². The van der Waals surface area contributed by atoms with E-state index in [0.29, 0.717) is 18.5 Å². The van der Waals surface area contributed by atoms with Crippen LogP contribution >= 0.6 is 11.8 Å². The van der Waals surface area contributed by atoms with Gasteiger partial charge < -0.3 is 10.8 Å². The summed E-state index contributed by atoms with van der Waals surface area (Å²) in [6.45, 7) is 6.32. The van der Waals surface area contributed by atoms with E-state index in [0.717, 1.165) is 16.2 Å². The molecule has 2 aromatic rings. The lowest BCUT2D eigenvalue weighted by atomic mass is 9.97. The molecule has 160 valence electrons. The highest BCUT2D eigenvalue weighted by Gasteiger charge is 2.23. The molecular weight excluding hydrogens is 404 g/mol. The van der Waals surface area contributed by atoms with Crippen molar-refractivity contribution in [3.05, 3.63) is 59.7 Å². The van der Waals surface area contributed by atoms with Crippen LogP contribution in [0.4, 0.5) is 0 Å². The van der Waals surface area contributed by atoms with Crippen LogP contribution < -0.4 is 10.5 Å². The molecule has 2 aromatic carbocycles. The summed E-state index contributed by atoms with van der Waals surface area (Å²) in [4.78, 5) is 1.19. The van der Waals surface area contributed by atoms with Crippen molar-refractivity contribution >= 4 is 21.8 Å². The summed E-state index contributed by atoms with van der Waals surface area (Å²) < 4.78 is 28.3. The van der Waals surface area contributed by atoms with Gasteiger partial charge in [-0.05, 0) is 47.4 Å². The molecule has 0 bridgehead atoms. The Bertz CT molecular complexity index is 871. The molecule has 4 N–H and O–H groups in total. The van der Waals surface area contributed by atoms with E-state index >= 15 is 0 Å². The topological polar surface area (TPSA) is 92.4 Å². The molecule has 7 heteroatoms. The van der Waals surface area contributed by atoms with Crippen molar-refractivity contribution in [3.8, 4) is 0 Å². The standard InChI is InChI=1S/C22H32N2O3S2/c1-4-28-19-10-11-22(29(26,27)24-15-16(2)3)18(13-19)14-21(25)20(23)12-17-8-6-5-7-9-17/h5-11,13,16,20-21,24-25H,4,12,14-15,23H2,1-3H3/t20-,21+/m0/s1. The zero-order chi connectivity index (χ0) is 21.4. The molecule has 0 amide bonds. The average Bonchev–Trinajstić information content (AvgIpc) is 2.67. The van der Waals surface area contributed by atoms with E-state index < -0.39 is 22.2 Å². The van der Waals surface area contributed by atoms with Gasteiger partial charge in [0.25, 0.3) is 0 Å². The van der Waals surface area contributed by atoms with Gasteiger partial charge in [-0.25, -0.2) is 13.1 Å². The zero-order valence-corrected chi connectivity index (χ0v) is 19.0. The van der Waals surface area contributed by atoms with Gasteiger partial charge in [0.15, 0.2) is 0 Å². The van der Waals surface area contributed by atoms with Crippen molar-refractivity contribution in [2.75, 3.05) is 12.3 Å². The third-order valence-corrected chi connectivity index (χ3v) is 6.95. The number of aliphatic hydroxyl groups is 1. The lowest BCUT2D eigenvalue weighted by Gasteiger charge is -2.21. The van der Waals surface area contributed by atoms with Crippen molar-refractivity contribution < 1.29 is 13.5 Å². The number of benzene rings is 2. The van der Waals surface area contributed by atoms with Gasteiger partial charge in [0.1, 0.15) is 0 Å². The summed E-state index contributed by atoms with van der Waals surface area (Å²) in [6, 6.07) is 14.6. The largest absolute Gasteiger partial charge is 0.391 e. The second kappa shape index (κ2) is 11.1. The molecule has 0 saturated carbocycles. The summed E-state index contributed by atoms with van der Waals surface area (Å²) in [5.41, 5.74) is 7.87. The predicted molar refractivity (Wildman–Crippen MR) is 121 cm³/mol. The fourth-order valence-corrected chi connectivity index (χ4v) is 5.15. The Morgan fingerprint density at radius 1 is 1.10 bits per heavy atom. The second-order valence-electron chi connectivity index (χ2n) is 7.57. The third-order valence-electron chi connectivity index (χ3n) is 4.55. The van der Waals surface area contributed by atoms with Gasteiger partial charge in [-0.1, -0.05) is 51.1 Å². The molecule has 0 aliphatic rings. The summed E-state index contributed by atoms with van der Waals surface area (Å²) >= 11 is 1.64. The van der Waals surface area contributed by atoms with Gasteiger partial charge in [-0.2, -0.15) is 0 Å². The Balaban J connectivity index is 2.24. The summed E-state index contributed by atoms with van der Waals surface area (Å²) in [7, 11) is -3.66. The van der Waals surface area contributed by atoms with Crippen LogP contribution in [0.5, 0.6) is 0 Å². The van der Waals surface area contributed by atoms with E-state index in [4.69, 9.17) is 5.73 Å². The minimum atomic E-state index is -3.66. The maximum Gasteiger partial charge on any atom is 0.240 e. The van der Waals surface area contributed by atoms with Crippen LogP contribution in [0.1, 0.15) is 31.9 Å². The lowest BCUT2D eigenvalue weighted by molar-refractivity contribution is 0.143. The van der Waals surface area contributed by atoms with Gasteiger partial charge >= 0.3 is 0 Å². The molecule has 0 aliphatic carbocycles. The number of hydrogen-bond acceptors (Lipinski definition) is 5. The number of sulfonamides is 1. The fourth-order valence-electron chi connectivity index (χ4n) is 2.99. The molecule has 0 aliphatic heterocycles. The molecule has 0 heterocycles. The van der Waals surface area contributed by atoms with Gasteiger partial charge in [0.2, 0.25) is 10.0 Å². The molecule has 0 unspecified atom stereocenters. The van der Waals surface area contributed by atoms with Crippen molar-refractivity contribution in [3.63, 3.8) is 0 Å². The highest BCUT2D eigenvalue weighted by molar-refractivity contribution is 7.99. The highest BCUT2D eigenvalue weighted by Crippen LogP contribution is 2.26. The van der Waals surface area contributed by atoms with E-state index in [2.05, 4.69) is 4.72 Å². The Hall–Kier alpha value is -1.38. The van der Waals surface area contributed by atoms with Crippen molar-refractivity contribution in [1.82, 2.24) is 4.72 Å². The van der Waals surface area contributed by atoms with E-state index in [9.17, 15) is 13.5 Å². The smallest absolute Gasteiger partial charge is 0.240 e. The molecule has 0 fully saturated rings. The van der Waals surface area contributed by atoms with Crippen LogP contribution in [0.2, 0.25) is 0 Å². The third kappa shape index (κ3) is 7.42. The average molecular weight is 437 g/mol. The maximum absolute atomic E-state index is 12.8. The molecule has 2 atom stereocenters. The van der Waals surface area contributed by atoms with Crippen LogP contribution in [-0.2, 0) is 22.9 Å². The van der Waals surface area contributed by atoms with E-state index in [1.54, 1.807) is 17.8 Å². The second-order valence-corrected chi connectivity index (χ2v) is 10.6. The van der Waals surface area contributed by atoms with Gasteiger partial charge in [0, 0.05) is 23.9 Å². The van der Waals surface area contributed by atoms with Crippen LogP contribution in [0.25, 0.3) is 0 Å². The van der Waals surface area contributed by atoms with E-state index in [1.165, 1.54) is 0 Å². The van der Waals surface area contributed by atoms with Crippen molar-refractivity contribution in [2.24, 2.45) is 11.7 Å². The van der Waals surface area contributed by atoms with E-state index in [1.807, 2.05) is 63.2 Å². The highest BCUT2D eigenvalue weighted by atomic mass is 32.2. The Morgan fingerprint density at radius 3 is 2.41 bits per heavy atom. The summed E-state index contributed by atoms with van der Waals surface area (Å²) in [5, 5.41) is 10.7. The predicted octanol–water partition coefficient (Wildman–Crippen LogP) is 3.21. The number of nitrogens with one attached hydrogen (secondary N) is 1. The molecule has 5 nitrogen and oxygen atoms in total. The number of hydrogen-bond donors (Lipinski definition) is 3. The Kier molecular flexibility index (Phi) is 9.17. The SMILES string of the molecule is CCSc1ccc(S(=O)(=O)NCC(C)C)c(C[C@@H](O)[C@@H](N)Cc2ccccc2)c1. The quantitative estimate of drug-likeness (QED) is 0.471. The molecular formula is C22H32N2O3S2. The molecule has 0 aromatic heterocycles. The van der Waals surface area contributed by atoms with Crippen LogP contribution in [-0.4, -0.2) is 38.0 Å². The molecule has 0 radical (unpaired) electrons. The molecule has 29 heavy (non-hydrogen) atoms. The first-order valence-electron chi connectivity index (χ1n) is 9.96. The van der Waals surface area contributed by atoms with Gasteiger partial charge in [-0.15, -0.1) is 11.8 Å². The van der Waals surface area contributed by atoms with Crippen molar-refractivity contribution in [2.45, 2.75) is 55.5 Å². The minimum Gasteiger partial charge on any atom is -0.391 e. The maximum atomic E-state index is 12.8. The van der Waals surface area contributed by atoms with Crippen LogP contribution in [0, 0.1) is 5.92 Å². The van der Waals surface area contributed by atoms with E-state index in [-0.39, 0.29) is 17.2 Å². The monoisotopic (exact) mass is 436 g/mol. The lowest BCUT2D eigenvalue weighted by Crippen LogP contribution is -2.38. The normalized spacial score (nSPS) is 14.1. The first-order valence-corrected chi connectivity index (χ1v) is 12.4. The fraction of sp³-hybridized carbons (Fsp3) is 0.455. The number of rotatable bonds is 11. The van der Waals surface area contributed by atoms with Crippen LogP contribution in [0.15, 0.2) is 58.3 Å². The zero-order valence-electron chi connectivity index (χ0n) is 17.3. The first kappa shape index (κ1) is 23.9. The van der Waals surface area contributed by atoms with Gasteiger partial charge in [0.05, 0.1) is 11.0 Å². The molecule has 2 rings (SSSR count). The summed E-state index contributed by atoms with van der Waals surface area (Å²) in [6.07, 6.45) is -0.139. The molecule has 0 spiro atoms. The minimum absolute atomic E-state index is 0.185. The summed E-state index contributed by atoms with van der Waals surface area (Å²) in [5.74, 6) is 1.08. The number of nitrogens with two attached hydrogens (primary N) is 1. The Morgan fingerprint density at radius 2 is 1.79 bits per heavy atom. The van der Waals surface area contributed by atoms with Crippen molar-refractivity contribution in [1.29, 1.82) is 0 Å². The van der Waals surface area contributed by atoms with Gasteiger partial charge in [-0.3, -0.25) is 0 Å². The van der Waals surface area contributed by atoms with Crippen LogP contribution in [0.3, 0.4) is 0 Å². The molecule has 0 saturated heterocycles. The first-order chi connectivity index (χ1) is 13.7. The number of thioether (sulfide) groups is 1. The number of aliphatic hydroxyl groups excluding tert-OH is 1.